The molecule has 0 aliphatic rings. The highest BCUT2D eigenvalue weighted by molar-refractivity contribution is 5.91. The van der Waals surface area contributed by atoms with Crippen molar-refractivity contribution in [2.45, 2.75) is 39.5 Å². The van der Waals surface area contributed by atoms with Crippen molar-refractivity contribution in [2.24, 2.45) is 0 Å². The summed E-state index contributed by atoms with van der Waals surface area (Å²) in [6.07, 6.45) is -2.34. The van der Waals surface area contributed by atoms with E-state index in [1.165, 1.54) is 30.3 Å². The van der Waals surface area contributed by atoms with Crippen LogP contribution in [0, 0.1) is 13.8 Å². The van der Waals surface area contributed by atoms with Crippen LogP contribution >= 0.6 is 0 Å². The molecule has 0 heterocycles. The van der Waals surface area contributed by atoms with Gasteiger partial charge in [0, 0.05) is 12.5 Å². The number of esters is 2. The smallest absolute Gasteiger partial charge is 0.389 e. The van der Waals surface area contributed by atoms with Crippen molar-refractivity contribution in [1.29, 1.82) is 0 Å². The molecule has 0 aliphatic carbocycles. The number of benzene rings is 3. The summed E-state index contributed by atoms with van der Waals surface area (Å²) in [7, 11) is 0. The second kappa shape index (κ2) is 12.8. The normalized spacial score (nSPS) is 11.4. The topological polar surface area (TPSA) is 61.8 Å². The van der Waals surface area contributed by atoms with Gasteiger partial charge < -0.3 is 14.2 Å². The Morgan fingerprint density at radius 2 is 1.49 bits per heavy atom. The Morgan fingerprint density at radius 1 is 0.865 bits per heavy atom. The number of carbonyl (C=O) groups is 2. The number of halogens is 3. The lowest BCUT2D eigenvalue weighted by Gasteiger charge is -2.09. The molecule has 0 bridgehead atoms. The van der Waals surface area contributed by atoms with E-state index in [0.29, 0.717) is 11.5 Å². The van der Waals surface area contributed by atoms with Crippen molar-refractivity contribution >= 4 is 18.0 Å². The largest absolute Gasteiger partial charge is 0.494 e. The van der Waals surface area contributed by atoms with Crippen LogP contribution < -0.4 is 9.47 Å². The quantitative estimate of drug-likeness (QED) is 0.127. The molecule has 8 heteroatoms. The zero-order chi connectivity index (χ0) is 26.8. The molecule has 5 nitrogen and oxygen atoms in total. The van der Waals surface area contributed by atoms with Crippen molar-refractivity contribution < 1.29 is 37.0 Å². The molecule has 0 N–H and O–H groups in total. The lowest BCUT2D eigenvalue weighted by molar-refractivity contribution is -0.139. The number of aryl methyl sites for hydroxylation is 2. The van der Waals surface area contributed by atoms with Gasteiger partial charge in [-0.2, -0.15) is 13.2 Å². The Labute approximate surface area is 213 Å². The summed E-state index contributed by atoms with van der Waals surface area (Å²) >= 11 is 0. The average molecular weight is 513 g/mol. The molecule has 0 atom stereocenters. The van der Waals surface area contributed by atoms with Gasteiger partial charge in [-0.15, -0.1) is 0 Å². The molecule has 0 fully saturated rings. The molecule has 0 amide bonds. The van der Waals surface area contributed by atoms with E-state index in [1.807, 2.05) is 32.0 Å². The summed E-state index contributed by atoms with van der Waals surface area (Å²) in [4.78, 5) is 24.4. The summed E-state index contributed by atoms with van der Waals surface area (Å²) < 4.78 is 52.4. The van der Waals surface area contributed by atoms with Crippen LogP contribution in [-0.2, 0) is 16.1 Å². The molecule has 0 aliphatic heterocycles. The van der Waals surface area contributed by atoms with Crippen LogP contribution in [0.15, 0.2) is 72.8 Å². The molecule has 0 unspecified atom stereocenters. The zero-order valence-corrected chi connectivity index (χ0v) is 20.5. The van der Waals surface area contributed by atoms with Crippen LogP contribution in [-0.4, -0.2) is 24.7 Å². The van der Waals surface area contributed by atoms with Gasteiger partial charge in [0.15, 0.2) is 0 Å². The predicted octanol–water partition coefficient (Wildman–Crippen LogP) is 7.00. The Morgan fingerprint density at radius 3 is 2.11 bits per heavy atom. The van der Waals surface area contributed by atoms with E-state index in [2.05, 4.69) is 0 Å². The number of hydrogen-bond donors (Lipinski definition) is 0. The second-order valence-electron chi connectivity index (χ2n) is 8.49. The molecule has 37 heavy (non-hydrogen) atoms. The molecule has 3 aromatic carbocycles. The highest BCUT2D eigenvalue weighted by atomic mass is 19.4. The summed E-state index contributed by atoms with van der Waals surface area (Å²) in [6.45, 7) is 4.08. The van der Waals surface area contributed by atoms with Crippen LogP contribution in [0.4, 0.5) is 13.2 Å². The first kappa shape index (κ1) is 27.5. The second-order valence-corrected chi connectivity index (χ2v) is 8.49. The number of carbonyl (C=O) groups excluding carboxylic acids is 2. The van der Waals surface area contributed by atoms with Gasteiger partial charge in [0.05, 0.1) is 12.2 Å². The SMILES string of the molecule is Cc1cc(C)cc(COC(=O)/C=C/c2ccc(OC(=O)c3ccc(OCCCC(F)(F)F)cc3)cc2)c1. The minimum absolute atomic E-state index is 0.0752. The van der Waals surface area contributed by atoms with Gasteiger partial charge in [-0.25, -0.2) is 9.59 Å². The first-order valence-corrected chi connectivity index (χ1v) is 11.6. The number of hydrogen-bond acceptors (Lipinski definition) is 5. The molecule has 0 radical (unpaired) electrons. The monoisotopic (exact) mass is 512 g/mol. The van der Waals surface area contributed by atoms with Gasteiger partial charge in [0.25, 0.3) is 0 Å². The van der Waals surface area contributed by atoms with Crippen LogP contribution in [0.5, 0.6) is 11.5 Å². The van der Waals surface area contributed by atoms with Crippen LogP contribution in [0.1, 0.15) is 45.5 Å². The van der Waals surface area contributed by atoms with Gasteiger partial charge in [0.2, 0.25) is 0 Å². The van der Waals surface area contributed by atoms with Gasteiger partial charge in [0.1, 0.15) is 18.1 Å². The Balaban J connectivity index is 1.45. The van der Waals surface area contributed by atoms with Gasteiger partial charge in [-0.1, -0.05) is 41.5 Å². The van der Waals surface area contributed by atoms with Gasteiger partial charge in [-0.3, -0.25) is 0 Å². The third-order valence-electron chi connectivity index (χ3n) is 5.13. The molecule has 0 spiro atoms. The lowest BCUT2D eigenvalue weighted by Crippen LogP contribution is -2.10. The highest BCUT2D eigenvalue weighted by Crippen LogP contribution is 2.22. The van der Waals surface area contributed by atoms with Crippen molar-refractivity contribution in [3.05, 3.63) is 101 Å². The van der Waals surface area contributed by atoms with Crippen molar-refractivity contribution in [1.82, 2.24) is 0 Å². The van der Waals surface area contributed by atoms with E-state index < -0.39 is 24.5 Å². The van der Waals surface area contributed by atoms with Crippen molar-refractivity contribution in [3.63, 3.8) is 0 Å². The molecular weight excluding hydrogens is 485 g/mol. The summed E-state index contributed by atoms with van der Waals surface area (Å²) in [5.74, 6) is -0.390. The minimum atomic E-state index is -4.21. The molecule has 0 saturated heterocycles. The first-order valence-electron chi connectivity index (χ1n) is 11.6. The fourth-order valence-corrected chi connectivity index (χ4v) is 3.48. The fraction of sp³-hybridized carbons (Fsp3) is 0.241. The first-order chi connectivity index (χ1) is 17.6. The maximum Gasteiger partial charge on any atom is 0.389 e. The summed E-state index contributed by atoms with van der Waals surface area (Å²) in [6, 6.07) is 18.5. The molecule has 3 aromatic rings. The van der Waals surface area contributed by atoms with E-state index in [0.717, 1.165) is 22.3 Å². The van der Waals surface area contributed by atoms with Crippen molar-refractivity contribution in [3.8, 4) is 11.5 Å². The molecular formula is C29H27F3O5. The van der Waals surface area contributed by atoms with E-state index in [-0.39, 0.29) is 25.2 Å². The molecule has 194 valence electrons. The van der Waals surface area contributed by atoms with Gasteiger partial charge >= 0.3 is 18.1 Å². The van der Waals surface area contributed by atoms with E-state index >= 15 is 0 Å². The van der Waals surface area contributed by atoms with E-state index in [4.69, 9.17) is 14.2 Å². The summed E-state index contributed by atoms with van der Waals surface area (Å²) in [5, 5.41) is 0. The number of ether oxygens (including phenoxy) is 3. The fourth-order valence-electron chi connectivity index (χ4n) is 3.48. The van der Waals surface area contributed by atoms with Crippen LogP contribution in [0.2, 0.25) is 0 Å². The van der Waals surface area contributed by atoms with E-state index in [9.17, 15) is 22.8 Å². The molecule has 0 aromatic heterocycles. The third kappa shape index (κ3) is 9.83. The summed E-state index contributed by atoms with van der Waals surface area (Å²) in [5.41, 5.74) is 4.11. The Bertz CT molecular complexity index is 1210. The van der Waals surface area contributed by atoms with Crippen LogP contribution in [0.3, 0.4) is 0 Å². The maximum atomic E-state index is 12.4. The predicted molar refractivity (Wildman–Crippen MR) is 133 cm³/mol. The maximum absolute atomic E-state index is 12.4. The van der Waals surface area contributed by atoms with Gasteiger partial charge in [-0.05, 0) is 73.9 Å². The standard InChI is InChI=1S/C29H27F3O5/c1-20-16-21(2)18-23(17-20)19-36-27(33)13-6-22-4-9-26(10-5-22)37-28(34)24-7-11-25(12-8-24)35-15-3-14-29(30,31)32/h4-13,16-18H,3,14-15,19H2,1-2H3/b13-6+. The Hall–Kier alpha value is -4.07. The minimum Gasteiger partial charge on any atom is -0.494 e. The molecule has 3 rings (SSSR count). The average Bonchev–Trinajstić information content (AvgIpc) is 2.84. The van der Waals surface area contributed by atoms with Crippen LogP contribution in [0.25, 0.3) is 6.08 Å². The van der Waals surface area contributed by atoms with Crippen molar-refractivity contribution in [2.75, 3.05) is 6.61 Å². The number of alkyl halides is 3. The zero-order valence-electron chi connectivity index (χ0n) is 20.5. The molecule has 0 saturated carbocycles. The number of rotatable bonds is 10. The lowest BCUT2D eigenvalue weighted by atomic mass is 10.1. The Kier molecular flexibility index (Phi) is 9.49. The third-order valence-corrected chi connectivity index (χ3v) is 5.13. The highest BCUT2D eigenvalue weighted by Gasteiger charge is 2.26. The van der Waals surface area contributed by atoms with E-state index in [1.54, 1.807) is 30.3 Å².